The fraction of sp³-hybridized carbons (Fsp3) is 0.849. The first kappa shape index (κ1) is 82.4. The summed E-state index contributed by atoms with van der Waals surface area (Å²) in [5, 5.41) is 205. The number of rotatable bonds is 28. The molecule has 576 valence electrons. The number of aliphatic hydroxyl groups excluding tert-OH is 18. The van der Waals surface area contributed by atoms with Crippen molar-refractivity contribution in [2.75, 3.05) is 53.4 Å². The normalized spacial score (nSPS) is 44.4. The number of carbonyl (C=O) groups excluding carboxylic acids is 2. The third-order valence-electron chi connectivity index (χ3n) is 17.1. The average Bonchev–Trinajstić information content (AvgIpc) is 0.771. The predicted molar refractivity (Wildman–Crippen MR) is 308 cm³/mol. The predicted octanol–water partition coefficient (Wildman–Crippen LogP) is -13.7. The van der Waals surface area contributed by atoms with Crippen LogP contribution in [0, 0.1) is 0 Å². The molecule has 100 heavy (non-hydrogen) atoms. The summed E-state index contributed by atoms with van der Waals surface area (Å²) >= 11 is 0. The number of hydrogen-bond donors (Lipinski definition) is 24. The Bertz CT molecular complexity index is 2840. The molecule has 24 N–H and O–H groups in total. The largest absolute Gasteiger partial charge is 0.497 e. The number of carbonyl (C=O) groups is 2. The molecule has 7 aliphatic heterocycles. The van der Waals surface area contributed by atoms with Gasteiger partial charge in [0.1, 0.15) is 182 Å². The molecule has 2 amide bonds. The van der Waals surface area contributed by atoms with Crippen LogP contribution in [0.3, 0.4) is 0 Å². The number of methoxy groups -OCH3 is 1. The van der Waals surface area contributed by atoms with Crippen LogP contribution in [0.25, 0.3) is 0 Å². The number of ether oxygens (including phenoxy) is 15. The summed E-state index contributed by atoms with van der Waals surface area (Å²) < 4.78 is 119. The monoisotopic (exact) mass is 1500 g/mol. The Balaban J connectivity index is 1.07. The number of benzene rings is 1. The Labute approximate surface area is 564 Å². The van der Waals surface area contributed by atoms with Crippen molar-refractivity contribution in [1.29, 1.82) is 0 Å². The number of amides is 2. The van der Waals surface area contributed by atoms with Crippen molar-refractivity contribution in [3.63, 3.8) is 0 Å². The number of phosphoric ester groups is 2. The first-order chi connectivity index (χ1) is 47.0. The maximum absolute atomic E-state index is 13.0. The summed E-state index contributed by atoms with van der Waals surface area (Å²) in [7, 11) is -9.09. The highest BCUT2D eigenvalue weighted by Gasteiger charge is 2.59. The van der Waals surface area contributed by atoms with Crippen molar-refractivity contribution in [3.8, 4) is 11.5 Å². The first-order valence-electron chi connectivity index (χ1n) is 30.7. The standard InChI is InChI=1S/C53H86N2O43P2/c1-15(59)54-26-33(66)43(20(9-57)89-47(26)87-18-6-4-17(82-3)5-7-18)95-48-27(55-16(2)60)34(67)44(21(10-58)90-48)96-52-42(75)45(97-53-46(38(71)28(61)19(8-56)88-53)98-51-41(74)37(70)31(64)25(94-51)14-86-100(79,80)81)32(65)23(93-52)12-84-49-39(72)35(68)29(62)22(91-49)11-83-50-40(73)36(69)30(63)24(92-50)13-85-99(76,77)78/h4-7,19-53,56-58,61-75H,8-14H2,1-3H3,(H,54,59)(H,55,60)(H2,76,77,78)(H2,79,80,81). The van der Waals surface area contributed by atoms with Gasteiger partial charge in [-0.2, -0.15) is 0 Å². The summed E-state index contributed by atoms with van der Waals surface area (Å²) in [5.41, 5.74) is 0. The van der Waals surface area contributed by atoms with Gasteiger partial charge in [0.2, 0.25) is 18.1 Å². The molecule has 0 bridgehead atoms. The van der Waals surface area contributed by atoms with Gasteiger partial charge in [0.15, 0.2) is 37.7 Å². The zero-order valence-electron chi connectivity index (χ0n) is 52.8. The zero-order valence-corrected chi connectivity index (χ0v) is 54.6. The highest BCUT2D eigenvalue weighted by atomic mass is 31.2. The second-order valence-electron chi connectivity index (χ2n) is 24.1. The molecule has 1 aromatic rings. The summed E-state index contributed by atoms with van der Waals surface area (Å²) in [4.78, 5) is 62.5. The Kier molecular flexibility index (Phi) is 29.2. The Morgan fingerprint density at radius 1 is 0.370 bits per heavy atom. The molecule has 0 saturated carbocycles. The molecule has 7 saturated heterocycles. The van der Waals surface area contributed by atoms with Gasteiger partial charge < -0.3 is 193 Å². The highest BCUT2D eigenvalue weighted by molar-refractivity contribution is 7.46. The van der Waals surface area contributed by atoms with Crippen molar-refractivity contribution >= 4 is 27.5 Å². The Hall–Kier alpha value is -3.26. The molecule has 45 nitrogen and oxygen atoms in total. The molecule has 0 aliphatic carbocycles. The quantitative estimate of drug-likeness (QED) is 0.0346. The van der Waals surface area contributed by atoms with Gasteiger partial charge in [0, 0.05) is 13.8 Å². The van der Waals surface area contributed by atoms with E-state index in [0.29, 0.717) is 5.75 Å². The summed E-state index contributed by atoms with van der Waals surface area (Å²) in [6.07, 6.45) is -69.4. The maximum atomic E-state index is 13.0. The minimum absolute atomic E-state index is 0.142. The summed E-state index contributed by atoms with van der Waals surface area (Å²) in [5.74, 6) is -1.06. The van der Waals surface area contributed by atoms with E-state index in [4.69, 9.17) is 71.1 Å². The molecule has 1 aromatic carbocycles. The number of phosphoric acid groups is 2. The van der Waals surface area contributed by atoms with Crippen LogP contribution < -0.4 is 20.1 Å². The van der Waals surface area contributed by atoms with Crippen molar-refractivity contribution < 1.29 is 210 Å². The van der Waals surface area contributed by atoms with E-state index in [1.165, 1.54) is 31.4 Å². The lowest BCUT2D eigenvalue weighted by molar-refractivity contribution is -0.398. The second-order valence-corrected chi connectivity index (χ2v) is 26.6. The fourth-order valence-electron chi connectivity index (χ4n) is 11.8. The molecule has 35 atom stereocenters. The summed E-state index contributed by atoms with van der Waals surface area (Å²) in [6, 6.07) is 2.59. The van der Waals surface area contributed by atoms with Gasteiger partial charge in [-0.1, -0.05) is 0 Å². The lowest BCUT2D eigenvalue weighted by Crippen LogP contribution is -2.71. The van der Waals surface area contributed by atoms with Crippen molar-refractivity contribution in [2.24, 2.45) is 0 Å². The van der Waals surface area contributed by atoms with Gasteiger partial charge in [-0.3, -0.25) is 18.6 Å². The van der Waals surface area contributed by atoms with E-state index in [9.17, 15) is 130 Å². The average molecular weight is 1500 g/mol. The minimum Gasteiger partial charge on any atom is -0.497 e. The van der Waals surface area contributed by atoms with Crippen molar-refractivity contribution in [1.82, 2.24) is 10.6 Å². The van der Waals surface area contributed by atoms with Gasteiger partial charge in [0.25, 0.3) is 0 Å². The minimum atomic E-state index is -5.31. The van der Waals surface area contributed by atoms with Crippen LogP contribution in [0.5, 0.6) is 11.5 Å². The Morgan fingerprint density at radius 3 is 1.15 bits per heavy atom. The lowest BCUT2D eigenvalue weighted by atomic mass is 9.93. The highest BCUT2D eigenvalue weighted by Crippen LogP contribution is 2.41. The number of hydrogen-bond acceptors (Lipinski definition) is 39. The molecule has 35 unspecified atom stereocenters. The molecule has 47 heteroatoms. The van der Waals surface area contributed by atoms with Crippen LogP contribution in [0.15, 0.2) is 24.3 Å². The van der Waals surface area contributed by atoms with Gasteiger partial charge in [-0.05, 0) is 24.3 Å². The van der Waals surface area contributed by atoms with E-state index in [1.54, 1.807) is 0 Å². The molecule has 0 spiro atoms. The molecular weight excluding hydrogens is 1410 g/mol. The first-order valence-corrected chi connectivity index (χ1v) is 33.8. The zero-order chi connectivity index (χ0) is 73.7. The van der Waals surface area contributed by atoms with Gasteiger partial charge in [-0.25, -0.2) is 9.13 Å². The van der Waals surface area contributed by atoms with Gasteiger partial charge >= 0.3 is 15.6 Å². The smallest absolute Gasteiger partial charge is 0.469 e. The van der Waals surface area contributed by atoms with Crippen molar-refractivity contribution in [3.05, 3.63) is 24.3 Å². The number of aliphatic hydroxyl groups is 18. The number of nitrogens with one attached hydrogen (secondary N) is 2. The third-order valence-corrected chi connectivity index (χ3v) is 18.0. The molecular formula is C53H86N2O43P2. The van der Waals surface area contributed by atoms with Crippen LogP contribution in [0.4, 0.5) is 0 Å². The lowest BCUT2D eigenvalue weighted by Gasteiger charge is -2.51. The van der Waals surface area contributed by atoms with E-state index in [1.807, 2.05) is 0 Å². The molecule has 7 aliphatic rings. The van der Waals surface area contributed by atoms with Crippen LogP contribution >= 0.6 is 15.6 Å². The van der Waals surface area contributed by atoms with Gasteiger partial charge in [-0.15, -0.1) is 0 Å². The van der Waals surface area contributed by atoms with Crippen LogP contribution in [-0.4, -0.2) is 391 Å². The molecule has 8 rings (SSSR count). The summed E-state index contributed by atoms with van der Waals surface area (Å²) in [6.45, 7) is -5.55. The van der Waals surface area contributed by atoms with E-state index in [2.05, 4.69) is 19.7 Å². The SMILES string of the molecule is COc1ccc(OC2OC(CO)C(OC3OC(CO)C(OC4OC(COC5OC(COC6OC(COP(=O)(O)O)C(O)C(O)C6O)C(O)C(O)C5O)C(O)C(OC5OC(CO)C(O)C(O)C5OC5OC(COP(=O)(O)O)C(O)C(O)C5O)C4O)C(O)C3NC(C)=O)C(O)C2NC(C)=O)cc1. The topological polar surface area (TPSA) is 694 Å². The van der Waals surface area contributed by atoms with Crippen LogP contribution in [0.1, 0.15) is 13.8 Å². The van der Waals surface area contributed by atoms with E-state index in [0.717, 1.165) is 13.8 Å². The van der Waals surface area contributed by atoms with Gasteiger partial charge in [0.05, 0.1) is 53.4 Å². The van der Waals surface area contributed by atoms with Crippen molar-refractivity contribution in [2.45, 2.75) is 229 Å². The second kappa shape index (κ2) is 35.4. The maximum Gasteiger partial charge on any atom is 0.469 e. The molecule has 0 aromatic heterocycles. The molecule has 7 fully saturated rings. The van der Waals surface area contributed by atoms with E-state index < -0.39 is 289 Å². The van der Waals surface area contributed by atoms with E-state index >= 15 is 0 Å². The Morgan fingerprint density at radius 2 is 0.710 bits per heavy atom. The van der Waals surface area contributed by atoms with Crippen LogP contribution in [0.2, 0.25) is 0 Å². The fourth-order valence-corrected chi connectivity index (χ4v) is 12.4. The third kappa shape index (κ3) is 19.9. The van der Waals surface area contributed by atoms with Crippen LogP contribution in [-0.2, 0) is 89.3 Å². The molecule has 7 heterocycles. The molecule has 0 radical (unpaired) electrons. The van der Waals surface area contributed by atoms with E-state index in [-0.39, 0.29) is 5.75 Å².